The van der Waals surface area contributed by atoms with Crippen molar-refractivity contribution >= 4 is 37.9 Å². The molecule has 0 saturated heterocycles. The maximum absolute atomic E-state index is 14.1. The minimum absolute atomic E-state index is 0.103. The van der Waals surface area contributed by atoms with Crippen molar-refractivity contribution in [2.24, 2.45) is 0 Å². The molecule has 0 fully saturated rings. The number of nitrogens with one attached hydrogen (secondary N) is 2. The van der Waals surface area contributed by atoms with E-state index in [1.54, 1.807) is 63.1 Å². The first-order chi connectivity index (χ1) is 23.2. The summed E-state index contributed by atoms with van der Waals surface area (Å²) in [5.41, 5.74) is 1.81. The van der Waals surface area contributed by atoms with Crippen LogP contribution in [-0.2, 0) is 30.0 Å². The Bertz CT molecular complexity index is 1760. The first-order valence-electron chi connectivity index (χ1n) is 15.5. The number of aliphatic hydroxyl groups is 2. The molecule has 4 aromatic rings. The zero-order chi connectivity index (χ0) is 35.9. The van der Waals surface area contributed by atoms with Crippen molar-refractivity contribution in [1.29, 1.82) is 0 Å². The van der Waals surface area contributed by atoms with E-state index in [1.807, 2.05) is 19.1 Å². The Morgan fingerprint density at radius 1 is 1.08 bits per heavy atom. The summed E-state index contributed by atoms with van der Waals surface area (Å²) in [4.78, 5) is 22.9. The second kappa shape index (κ2) is 15.9. The molecule has 3 heterocycles. The van der Waals surface area contributed by atoms with Crippen molar-refractivity contribution in [3.05, 3.63) is 71.2 Å². The van der Waals surface area contributed by atoms with Crippen molar-refractivity contribution in [1.82, 2.24) is 24.6 Å². The number of carbonyl (C=O) groups excluding carboxylic acids is 1. The summed E-state index contributed by atoms with van der Waals surface area (Å²) in [5.74, 6) is -0.508. The van der Waals surface area contributed by atoms with Gasteiger partial charge in [-0.2, -0.15) is 23.3 Å². The molecule has 2 aromatic heterocycles. The van der Waals surface area contributed by atoms with Crippen LogP contribution in [0, 0.1) is 0 Å². The fraction of sp³-hybridized carbons (Fsp3) is 0.394. The van der Waals surface area contributed by atoms with E-state index in [4.69, 9.17) is 14.4 Å². The Morgan fingerprint density at radius 3 is 2.45 bits per heavy atom. The Morgan fingerprint density at radius 2 is 1.80 bits per heavy atom. The Hall–Kier alpha value is -4.30. The average molecular weight is 704 g/mol. The van der Waals surface area contributed by atoms with Crippen molar-refractivity contribution < 1.29 is 37.4 Å². The average Bonchev–Trinajstić information content (AvgIpc) is 3.60. The summed E-state index contributed by atoms with van der Waals surface area (Å²) in [6.45, 7) is 8.30. The van der Waals surface area contributed by atoms with Gasteiger partial charge in [0.15, 0.2) is 0 Å². The van der Waals surface area contributed by atoms with Gasteiger partial charge in [0.2, 0.25) is 5.95 Å². The van der Waals surface area contributed by atoms with E-state index >= 15 is 0 Å². The number of anilines is 4. The molecule has 49 heavy (non-hydrogen) atoms. The van der Waals surface area contributed by atoms with Crippen LogP contribution in [0.15, 0.2) is 48.9 Å². The number of fused-ring (bicyclic) bond motifs is 1. The van der Waals surface area contributed by atoms with Gasteiger partial charge in [0, 0.05) is 59.7 Å². The van der Waals surface area contributed by atoms with Crippen LogP contribution in [0.5, 0.6) is 5.75 Å². The smallest absolute Gasteiger partial charge is 0.421 e. The van der Waals surface area contributed by atoms with Crippen LogP contribution in [0.2, 0.25) is 0 Å². The van der Waals surface area contributed by atoms with Crippen molar-refractivity contribution in [2.75, 3.05) is 38.0 Å². The topological polar surface area (TPSA) is 147 Å². The Labute approximate surface area is 284 Å². The second-order valence-electron chi connectivity index (χ2n) is 11.7. The van der Waals surface area contributed by atoms with E-state index < -0.39 is 23.2 Å². The number of halogens is 3. The number of hydrogen-bond acceptors (Lipinski definition) is 10. The molecule has 1 atom stereocenters. The van der Waals surface area contributed by atoms with Crippen molar-refractivity contribution in [3.8, 4) is 16.9 Å². The standard InChI is InChI=1S/C31H35F3N7O4P.C2H6O/c1-6-45-46-16-18-7-9-23(25(11-18)44-5)38-29-35-13-22(31(32,33)34)27(39-29)37-24-10-8-20(21-15-40(4)28(42)26(21)24)19-12-36-41(14-19)17-30(2,3)43;1-2-3/h7-14,43,46H,6,15-17H2,1-5H3,(H2,35,37,38,39);3H,2H2,1H3. The molecule has 2 aromatic carbocycles. The summed E-state index contributed by atoms with van der Waals surface area (Å²) in [7, 11) is 3.40. The van der Waals surface area contributed by atoms with Gasteiger partial charge in [0.25, 0.3) is 5.91 Å². The van der Waals surface area contributed by atoms with Crippen LogP contribution in [0.1, 0.15) is 54.7 Å². The molecule has 1 unspecified atom stereocenters. The molecular formula is C33H41F3N7O5P. The van der Waals surface area contributed by atoms with E-state index in [-0.39, 0.29) is 51.6 Å². The molecule has 5 rings (SSSR count). The fourth-order valence-electron chi connectivity index (χ4n) is 5.09. The highest BCUT2D eigenvalue weighted by atomic mass is 31.1. The molecule has 1 amide bonds. The number of rotatable bonds is 12. The molecule has 0 saturated carbocycles. The zero-order valence-corrected chi connectivity index (χ0v) is 29.1. The molecule has 4 N–H and O–H groups in total. The first-order valence-corrected chi connectivity index (χ1v) is 16.6. The maximum Gasteiger partial charge on any atom is 0.421 e. The van der Waals surface area contributed by atoms with Gasteiger partial charge in [-0.05, 0) is 62.6 Å². The van der Waals surface area contributed by atoms with Gasteiger partial charge in [-0.15, -0.1) is 0 Å². The quantitative estimate of drug-likeness (QED) is 0.0974. The summed E-state index contributed by atoms with van der Waals surface area (Å²) < 4.78 is 55.0. The number of aliphatic hydroxyl groups excluding tert-OH is 1. The van der Waals surface area contributed by atoms with E-state index in [9.17, 15) is 23.1 Å². The molecular weight excluding hydrogens is 662 g/mol. The number of carbonyl (C=O) groups is 1. The van der Waals surface area contributed by atoms with Gasteiger partial charge in [-0.3, -0.25) is 9.48 Å². The lowest BCUT2D eigenvalue weighted by molar-refractivity contribution is -0.137. The van der Waals surface area contributed by atoms with Gasteiger partial charge in [-0.1, -0.05) is 12.1 Å². The van der Waals surface area contributed by atoms with E-state index in [0.29, 0.717) is 47.1 Å². The van der Waals surface area contributed by atoms with Crippen LogP contribution in [0.25, 0.3) is 11.1 Å². The van der Waals surface area contributed by atoms with Gasteiger partial charge in [0.05, 0.1) is 42.4 Å². The molecule has 264 valence electrons. The predicted octanol–water partition coefficient (Wildman–Crippen LogP) is 6.34. The van der Waals surface area contributed by atoms with Gasteiger partial charge in [0.1, 0.15) is 17.1 Å². The summed E-state index contributed by atoms with van der Waals surface area (Å²) in [5, 5.41) is 27.8. The zero-order valence-electron chi connectivity index (χ0n) is 28.1. The number of methoxy groups -OCH3 is 1. The number of nitrogens with zero attached hydrogens (tertiary/aromatic N) is 5. The Kier molecular flexibility index (Phi) is 12.2. The third-order valence-corrected chi connectivity index (χ3v) is 8.19. The minimum atomic E-state index is -4.78. The summed E-state index contributed by atoms with van der Waals surface area (Å²) in [6.07, 6.45) is -0.00726. The summed E-state index contributed by atoms with van der Waals surface area (Å²) >= 11 is 0. The first kappa shape index (κ1) is 37.5. The van der Waals surface area contributed by atoms with Gasteiger partial charge < -0.3 is 35.0 Å². The highest BCUT2D eigenvalue weighted by Crippen LogP contribution is 2.41. The van der Waals surface area contributed by atoms with E-state index in [0.717, 1.165) is 5.56 Å². The number of ether oxygens (including phenoxy) is 1. The monoisotopic (exact) mass is 703 g/mol. The normalized spacial score (nSPS) is 13.0. The Balaban J connectivity index is 0.00000174. The van der Waals surface area contributed by atoms with Crippen molar-refractivity contribution in [2.45, 2.75) is 58.7 Å². The number of benzene rings is 2. The largest absolute Gasteiger partial charge is 0.495 e. The van der Waals surface area contributed by atoms with Crippen LogP contribution < -0.4 is 15.4 Å². The van der Waals surface area contributed by atoms with Gasteiger partial charge >= 0.3 is 6.18 Å². The number of hydrogen-bond donors (Lipinski definition) is 4. The third-order valence-electron chi connectivity index (χ3n) is 7.14. The molecule has 1 aliphatic rings. The lowest BCUT2D eigenvalue weighted by Crippen LogP contribution is -2.26. The minimum Gasteiger partial charge on any atom is -0.495 e. The van der Waals surface area contributed by atoms with Crippen LogP contribution in [-0.4, -0.2) is 73.7 Å². The lowest BCUT2D eigenvalue weighted by Gasteiger charge is -2.18. The highest BCUT2D eigenvalue weighted by Gasteiger charge is 2.37. The van der Waals surface area contributed by atoms with Crippen LogP contribution in [0.3, 0.4) is 0 Å². The lowest BCUT2D eigenvalue weighted by atomic mass is 9.97. The molecule has 0 aliphatic carbocycles. The number of alkyl halides is 3. The number of aromatic nitrogens is 4. The third kappa shape index (κ3) is 9.44. The molecule has 0 spiro atoms. The van der Waals surface area contributed by atoms with E-state index in [2.05, 4.69) is 25.7 Å². The SMILES string of the molecule is CCO.CCOPCc1ccc(Nc2ncc(C(F)(F)F)c(Nc3ccc(-c4cnn(CC(C)(C)O)c4)c4c3C(=O)N(C)C4)n2)c(OC)c1. The maximum atomic E-state index is 14.1. The molecule has 1 aliphatic heterocycles. The molecule has 0 bridgehead atoms. The van der Waals surface area contributed by atoms with Crippen LogP contribution >= 0.6 is 8.81 Å². The summed E-state index contributed by atoms with van der Waals surface area (Å²) in [6, 6.07) is 8.70. The van der Waals surface area contributed by atoms with Gasteiger partial charge in [-0.25, -0.2) is 4.98 Å². The molecule has 12 nitrogen and oxygen atoms in total. The van der Waals surface area contributed by atoms with Crippen LogP contribution in [0.4, 0.5) is 36.3 Å². The van der Waals surface area contributed by atoms with Crippen molar-refractivity contribution in [3.63, 3.8) is 0 Å². The van der Waals surface area contributed by atoms with E-state index in [1.165, 1.54) is 12.0 Å². The molecule has 16 heteroatoms. The fourth-order valence-corrected chi connectivity index (χ4v) is 5.79. The predicted molar refractivity (Wildman–Crippen MR) is 183 cm³/mol. The second-order valence-corrected chi connectivity index (χ2v) is 12.7. The highest BCUT2D eigenvalue weighted by molar-refractivity contribution is 7.31. The number of amides is 1. The molecule has 0 radical (unpaired) electrons.